The number of hydrogen-bond acceptors (Lipinski definition) is 0. The third-order valence-electron chi connectivity index (χ3n) is 2.60. The van der Waals surface area contributed by atoms with Gasteiger partial charge >= 0.3 is 0 Å². The molecule has 2 rings (SSSR count). The second-order valence-electron chi connectivity index (χ2n) is 3.42. The fourth-order valence-electron chi connectivity index (χ4n) is 1.97. The first kappa shape index (κ1) is 9.78. The molecule has 0 radical (unpaired) electrons. The summed E-state index contributed by atoms with van der Waals surface area (Å²) in [6.45, 7) is 2.22. The molecule has 0 amide bonds. The Balaban J connectivity index is 2.60. The Hall–Kier alpha value is -0.760. The molecule has 0 aliphatic carbocycles. The van der Waals surface area contributed by atoms with Gasteiger partial charge in [-0.05, 0) is 24.5 Å². The second kappa shape index (κ2) is 4.18. The predicted molar refractivity (Wildman–Crippen MR) is 65.2 cm³/mol. The van der Waals surface area contributed by atoms with Crippen molar-refractivity contribution in [3.8, 4) is 0 Å². The molecular formula is C12H14BrN. The highest BCUT2D eigenvalue weighted by Crippen LogP contribution is 2.23. The SMILES string of the molecule is CCc1c(CCBr)[nH]c2ccccc12. The minimum absolute atomic E-state index is 1.02. The van der Waals surface area contributed by atoms with E-state index < -0.39 is 0 Å². The number of alkyl halides is 1. The summed E-state index contributed by atoms with van der Waals surface area (Å²) in [7, 11) is 0. The monoisotopic (exact) mass is 251 g/mol. The van der Waals surface area contributed by atoms with Gasteiger partial charge in [0.05, 0.1) is 0 Å². The molecule has 0 saturated carbocycles. The average Bonchev–Trinajstić information content (AvgIpc) is 2.55. The van der Waals surface area contributed by atoms with Gasteiger partial charge in [-0.3, -0.25) is 0 Å². The van der Waals surface area contributed by atoms with E-state index in [4.69, 9.17) is 0 Å². The maximum absolute atomic E-state index is 3.49. The maximum Gasteiger partial charge on any atom is 0.0458 e. The van der Waals surface area contributed by atoms with Crippen molar-refractivity contribution < 1.29 is 0 Å². The summed E-state index contributed by atoms with van der Waals surface area (Å²) in [4.78, 5) is 3.49. The molecule has 14 heavy (non-hydrogen) atoms. The van der Waals surface area contributed by atoms with E-state index in [-0.39, 0.29) is 0 Å². The molecule has 0 fully saturated rings. The zero-order chi connectivity index (χ0) is 9.97. The molecule has 0 aliphatic rings. The van der Waals surface area contributed by atoms with Crippen LogP contribution in [-0.4, -0.2) is 10.3 Å². The van der Waals surface area contributed by atoms with E-state index in [2.05, 4.69) is 52.1 Å². The molecule has 2 heteroatoms. The lowest BCUT2D eigenvalue weighted by atomic mass is 10.1. The van der Waals surface area contributed by atoms with Gasteiger partial charge in [0.2, 0.25) is 0 Å². The number of hydrogen-bond donors (Lipinski definition) is 1. The number of aromatic nitrogens is 1. The van der Waals surface area contributed by atoms with Crippen molar-refractivity contribution in [2.75, 3.05) is 5.33 Å². The lowest BCUT2D eigenvalue weighted by Crippen LogP contribution is -1.90. The van der Waals surface area contributed by atoms with E-state index in [0.29, 0.717) is 0 Å². The standard InChI is InChI=1S/C12H14BrN/c1-2-9-10-5-3-4-6-11(10)14-12(9)7-8-13/h3-6,14H,2,7-8H2,1H3. The van der Waals surface area contributed by atoms with Crippen molar-refractivity contribution >= 4 is 26.8 Å². The average molecular weight is 252 g/mol. The van der Waals surface area contributed by atoms with Gasteiger partial charge in [-0.1, -0.05) is 41.1 Å². The number of para-hydroxylation sites is 1. The Morgan fingerprint density at radius 2 is 2.07 bits per heavy atom. The van der Waals surface area contributed by atoms with E-state index in [1.165, 1.54) is 22.2 Å². The molecule has 74 valence electrons. The summed E-state index contributed by atoms with van der Waals surface area (Å²) < 4.78 is 0. The largest absolute Gasteiger partial charge is 0.358 e. The third kappa shape index (κ3) is 1.59. The highest BCUT2D eigenvalue weighted by molar-refractivity contribution is 9.09. The van der Waals surface area contributed by atoms with E-state index in [1.54, 1.807) is 0 Å². The Morgan fingerprint density at radius 1 is 1.29 bits per heavy atom. The van der Waals surface area contributed by atoms with Crippen LogP contribution in [0.4, 0.5) is 0 Å². The van der Waals surface area contributed by atoms with Crippen LogP contribution in [0.3, 0.4) is 0 Å². The van der Waals surface area contributed by atoms with E-state index in [1.807, 2.05) is 0 Å². The number of fused-ring (bicyclic) bond motifs is 1. The minimum atomic E-state index is 1.02. The van der Waals surface area contributed by atoms with Crippen LogP contribution >= 0.6 is 15.9 Å². The van der Waals surface area contributed by atoms with Crippen LogP contribution in [0.2, 0.25) is 0 Å². The van der Waals surface area contributed by atoms with Crippen molar-refractivity contribution in [1.82, 2.24) is 4.98 Å². The summed E-state index contributed by atoms with van der Waals surface area (Å²) in [5.41, 5.74) is 4.12. The van der Waals surface area contributed by atoms with Crippen molar-refractivity contribution in [2.45, 2.75) is 19.8 Å². The topological polar surface area (TPSA) is 15.8 Å². The minimum Gasteiger partial charge on any atom is -0.358 e. The number of aryl methyl sites for hydroxylation is 2. The van der Waals surface area contributed by atoms with Crippen LogP contribution in [0.5, 0.6) is 0 Å². The third-order valence-corrected chi connectivity index (χ3v) is 3.00. The molecular weight excluding hydrogens is 238 g/mol. The predicted octanol–water partition coefficient (Wildman–Crippen LogP) is 3.67. The van der Waals surface area contributed by atoms with Gasteiger partial charge in [0.25, 0.3) is 0 Å². The Kier molecular flexibility index (Phi) is 2.92. The fraction of sp³-hybridized carbons (Fsp3) is 0.333. The van der Waals surface area contributed by atoms with Gasteiger partial charge in [-0.15, -0.1) is 0 Å². The smallest absolute Gasteiger partial charge is 0.0458 e. The van der Waals surface area contributed by atoms with E-state index >= 15 is 0 Å². The van der Waals surface area contributed by atoms with Gasteiger partial charge in [-0.25, -0.2) is 0 Å². The Labute approximate surface area is 92.6 Å². The molecule has 0 spiro atoms. The number of halogens is 1. The van der Waals surface area contributed by atoms with E-state index in [9.17, 15) is 0 Å². The molecule has 1 N–H and O–H groups in total. The van der Waals surface area contributed by atoms with Crippen LogP contribution < -0.4 is 0 Å². The van der Waals surface area contributed by atoms with Crippen LogP contribution in [0.1, 0.15) is 18.2 Å². The van der Waals surface area contributed by atoms with Crippen LogP contribution in [0.15, 0.2) is 24.3 Å². The normalized spacial score (nSPS) is 11.0. The zero-order valence-electron chi connectivity index (χ0n) is 8.31. The van der Waals surface area contributed by atoms with E-state index in [0.717, 1.165) is 18.2 Å². The molecule has 1 nitrogen and oxygen atoms in total. The van der Waals surface area contributed by atoms with Crippen molar-refractivity contribution in [3.05, 3.63) is 35.5 Å². The maximum atomic E-state index is 3.49. The first-order chi connectivity index (χ1) is 6.86. The molecule has 0 saturated heterocycles. The lowest BCUT2D eigenvalue weighted by Gasteiger charge is -1.98. The number of H-pyrrole nitrogens is 1. The first-order valence-electron chi connectivity index (χ1n) is 5.01. The van der Waals surface area contributed by atoms with Gasteiger partial charge < -0.3 is 4.98 Å². The molecule has 0 atom stereocenters. The van der Waals surface area contributed by atoms with Crippen molar-refractivity contribution in [1.29, 1.82) is 0 Å². The zero-order valence-corrected chi connectivity index (χ0v) is 9.89. The highest BCUT2D eigenvalue weighted by Gasteiger charge is 2.07. The molecule has 1 aromatic heterocycles. The molecule has 0 bridgehead atoms. The number of rotatable bonds is 3. The van der Waals surface area contributed by atoms with Crippen molar-refractivity contribution in [3.63, 3.8) is 0 Å². The summed E-state index contributed by atoms with van der Waals surface area (Å²) in [6, 6.07) is 8.53. The van der Waals surface area contributed by atoms with Crippen LogP contribution in [0, 0.1) is 0 Å². The highest BCUT2D eigenvalue weighted by atomic mass is 79.9. The van der Waals surface area contributed by atoms with Gasteiger partial charge in [-0.2, -0.15) is 0 Å². The van der Waals surface area contributed by atoms with Crippen LogP contribution in [-0.2, 0) is 12.8 Å². The summed E-state index contributed by atoms with van der Waals surface area (Å²) in [5, 5.41) is 2.40. The van der Waals surface area contributed by atoms with Gasteiger partial charge in [0, 0.05) is 21.9 Å². The first-order valence-corrected chi connectivity index (χ1v) is 6.13. The molecule has 0 aliphatic heterocycles. The van der Waals surface area contributed by atoms with Gasteiger partial charge in [0.1, 0.15) is 0 Å². The fourth-order valence-corrected chi connectivity index (χ4v) is 2.36. The summed E-state index contributed by atoms with van der Waals surface area (Å²) >= 11 is 3.49. The number of benzene rings is 1. The van der Waals surface area contributed by atoms with Crippen molar-refractivity contribution in [2.24, 2.45) is 0 Å². The summed E-state index contributed by atoms with van der Waals surface area (Å²) in [5.74, 6) is 0. The Morgan fingerprint density at radius 3 is 2.79 bits per heavy atom. The quantitative estimate of drug-likeness (QED) is 0.802. The number of aromatic amines is 1. The number of nitrogens with one attached hydrogen (secondary N) is 1. The second-order valence-corrected chi connectivity index (χ2v) is 4.21. The Bertz CT molecular complexity index is 431. The molecule has 0 unspecified atom stereocenters. The van der Waals surface area contributed by atoms with Crippen LogP contribution in [0.25, 0.3) is 10.9 Å². The summed E-state index contributed by atoms with van der Waals surface area (Å²) in [6.07, 6.45) is 2.18. The molecule has 1 aromatic carbocycles. The molecule has 1 heterocycles. The molecule has 2 aromatic rings. The lowest BCUT2D eigenvalue weighted by molar-refractivity contribution is 1.02. The van der Waals surface area contributed by atoms with Gasteiger partial charge in [0.15, 0.2) is 0 Å².